The average Bonchev–Trinajstić information content (AvgIpc) is 2.67. The first kappa shape index (κ1) is 19.6. The van der Waals surface area contributed by atoms with E-state index in [0.29, 0.717) is 0 Å². The highest BCUT2D eigenvalue weighted by molar-refractivity contribution is 5.94. The summed E-state index contributed by atoms with van der Waals surface area (Å²) in [6, 6.07) is 19.8. The number of hydrogen-bond acceptors (Lipinski definition) is 3. The molecular weight excluding hydrogens is 350 g/mol. The summed E-state index contributed by atoms with van der Waals surface area (Å²) in [7, 11) is 0. The average molecular weight is 375 g/mol. The third-order valence-corrected chi connectivity index (χ3v) is 4.72. The van der Waals surface area contributed by atoms with Gasteiger partial charge in [-0.1, -0.05) is 74.5 Å². The van der Waals surface area contributed by atoms with Gasteiger partial charge in [0, 0.05) is 5.69 Å². The minimum absolute atomic E-state index is 0.139. The second-order valence-electron chi connectivity index (χ2n) is 7.26. The van der Waals surface area contributed by atoms with Crippen molar-refractivity contribution in [3.63, 3.8) is 0 Å². The maximum atomic E-state index is 12.3. The molecule has 0 atom stereocenters. The van der Waals surface area contributed by atoms with Crippen molar-refractivity contribution in [2.45, 2.75) is 33.1 Å². The number of anilines is 1. The monoisotopic (exact) mass is 375 g/mol. The van der Waals surface area contributed by atoms with E-state index in [1.54, 1.807) is 0 Å². The Morgan fingerprint density at radius 2 is 1.71 bits per heavy atom. The fraction of sp³-hybridized carbons (Fsp3) is 0.250. The van der Waals surface area contributed by atoms with E-state index in [0.717, 1.165) is 33.2 Å². The number of esters is 1. The highest BCUT2D eigenvalue weighted by atomic mass is 16.5. The van der Waals surface area contributed by atoms with Crippen LogP contribution < -0.4 is 5.32 Å². The zero-order chi connectivity index (χ0) is 20.1. The number of fused-ring (bicyclic) bond motifs is 1. The van der Waals surface area contributed by atoms with Gasteiger partial charge in [-0.25, -0.2) is 0 Å². The van der Waals surface area contributed by atoms with Crippen LogP contribution in [0.1, 0.15) is 36.5 Å². The predicted molar refractivity (Wildman–Crippen MR) is 113 cm³/mol. The second kappa shape index (κ2) is 8.70. The van der Waals surface area contributed by atoms with Crippen molar-refractivity contribution in [3.8, 4) is 0 Å². The van der Waals surface area contributed by atoms with Gasteiger partial charge in [-0.05, 0) is 40.3 Å². The summed E-state index contributed by atoms with van der Waals surface area (Å²) in [5.74, 6) is -0.465. The van der Waals surface area contributed by atoms with Crippen LogP contribution in [0.5, 0.6) is 0 Å². The molecule has 0 radical (unpaired) electrons. The lowest BCUT2D eigenvalue weighted by Crippen LogP contribution is -2.22. The Kier molecular flexibility index (Phi) is 6.09. The van der Waals surface area contributed by atoms with Gasteiger partial charge in [-0.15, -0.1) is 0 Å². The van der Waals surface area contributed by atoms with Crippen LogP contribution in [-0.4, -0.2) is 18.5 Å². The number of carbonyl (C=O) groups is 2. The number of ether oxygens (including phenoxy) is 1. The SMILES string of the molecule is Cc1cccc(C(C)C)c1NC(=O)COC(=O)Cc1ccc2ccccc2c1. The van der Waals surface area contributed by atoms with Crippen LogP contribution >= 0.6 is 0 Å². The predicted octanol–water partition coefficient (Wildman–Crippen LogP) is 5.00. The molecule has 0 bridgehead atoms. The van der Waals surface area contributed by atoms with Crippen molar-refractivity contribution >= 4 is 28.3 Å². The molecule has 4 heteroatoms. The van der Waals surface area contributed by atoms with E-state index in [-0.39, 0.29) is 24.9 Å². The lowest BCUT2D eigenvalue weighted by atomic mass is 9.98. The molecule has 0 aliphatic heterocycles. The number of para-hydroxylation sites is 1. The third-order valence-electron chi connectivity index (χ3n) is 4.72. The first-order valence-corrected chi connectivity index (χ1v) is 9.46. The van der Waals surface area contributed by atoms with Crippen molar-refractivity contribution in [2.75, 3.05) is 11.9 Å². The normalized spacial score (nSPS) is 10.9. The van der Waals surface area contributed by atoms with Crippen molar-refractivity contribution < 1.29 is 14.3 Å². The van der Waals surface area contributed by atoms with Gasteiger partial charge in [0.2, 0.25) is 0 Å². The van der Waals surface area contributed by atoms with Crippen molar-refractivity contribution in [1.82, 2.24) is 0 Å². The summed E-state index contributed by atoms with van der Waals surface area (Å²) in [5, 5.41) is 5.09. The van der Waals surface area contributed by atoms with Crippen LogP contribution in [0.15, 0.2) is 60.7 Å². The smallest absolute Gasteiger partial charge is 0.310 e. The zero-order valence-electron chi connectivity index (χ0n) is 16.5. The van der Waals surface area contributed by atoms with E-state index in [1.807, 2.05) is 67.6 Å². The van der Waals surface area contributed by atoms with Gasteiger partial charge in [-0.3, -0.25) is 9.59 Å². The molecule has 0 heterocycles. The molecular formula is C24H25NO3. The Labute approximate surface area is 165 Å². The number of hydrogen-bond donors (Lipinski definition) is 1. The molecule has 3 aromatic rings. The largest absolute Gasteiger partial charge is 0.455 e. The molecule has 0 saturated heterocycles. The van der Waals surface area contributed by atoms with E-state index < -0.39 is 5.97 Å². The van der Waals surface area contributed by atoms with Gasteiger partial charge in [0.15, 0.2) is 6.61 Å². The fourth-order valence-corrected chi connectivity index (χ4v) is 3.23. The van der Waals surface area contributed by atoms with Gasteiger partial charge in [0.25, 0.3) is 5.91 Å². The number of amides is 1. The molecule has 0 fully saturated rings. The molecule has 3 rings (SSSR count). The quantitative estimate of drug-likeness (QED) is 0.617. The Bertz CT molecular complexity index is 1010. The van der Waals surface area contributed by atoms with E-state index in [4.69, 9.17) is 4.74 Å². The van der Waals surface area contributed by atoms with E-state index in [1.165, 1.54) is 0 Å². The van der Waals surface area contributed by atoms with Gasteiger partial charge >= 0.3 is 5.97 Å². The van der Waals surface area contributed by atoms with Crippen LogP contribution in [0.4, 0.5) is 5.69 Å². The molecule has 0 unspecified atom stereocenters. The molecule has 3 aromatic carbocycles. The summed E-state index contributed by atoms with van der Waals surface area (Å²) >= 11 is 0. The van der Waals surface area contributed by atoms with Crippen LogP contribution in [0.2, 0.25) is 0 Å². The fourth-order valence-electron chi connectivity index (χ4n) is 3.23. The van der Waals surface area contributed by atoms with Crippen LogP contribution in [0.3, 0.4) is 0 Å². The number of aryl methyl sites for hydroxylation is 1. The van der Waals surface area contributed by atoms with Crippen molar-refractivity contribution in [3.05, 3.63) is 77.4 Å². The maximum absolute atomic E-state index is 12.3. The molecule has 0 saturated carbocycles. The Morgan fingerprint density at radius 1 is 0.964 bits per heavy atom. The Hall–Kier alpha value is -3.14. The minimum Gasteiger partial charge on any atom is -0.455 e. The molecule has 1 N–H and O–H groups in total. The molecule has 0 aliphatic rings. The number of carbonyl (C=O) groups excluding carboxylic acids is 2. The van der Waals surface area contributed by atoms with Crippen molar-refractivity contribution in [2.24, 2.45) is 0 Å². The highest BCUT2D eigenvalue weighted by Gasteiger charge is 2.14. The summed E-state index contributed by atoms with van der Waals surface area (Å²) in [5.41, 5.74) is 3.72. The van der Waals surface area contributed by atoms with Crippen LogP contribution in [0, 0.1) is 6.92 Å². The molecule has 0 aromatic heterocycles. The number of rotatable bonds is 6. The van der Waals surface area contributed by atoms with Gasteiger partial charge in [-0.2, -0.15) is 0 Å². The molecule has 1 amide bonds. The molecule has 4 nitrogen and oxygen atoms in total. The second-order valence-corrected chi connectivity index (χ2v) is 7.26. The summed E-state index contributed by atoms with van der Waals surface area (Å²) in [4.78, 5) is 24.4. The van der Waals surface area contributed by atoms with Crippen LogP contribution in [-0.2, 0) is 20.7 Å². The minimum atomic E-state index is -0.417. The maximum Gasteiger partial charge on any atom is 0.310 e. The molecule has 0 spiro atoms. The van der Waals surface area contributed by atoms with E-state index in [9.17, 15) is 9.59 Å². The summed E-state index contributed by atoms with van der Waals surface area (Å²) in [6.07, 6.45) is 0.139. The zero-order valence-corrected chi connectivity index (χ0v) is 16.5. The van der Waals surface area contributed by atoms with Crippen molar-refractivity contribution in [1.29, 1.82) is 0 Å². The number of nitrogens with one attached hydrogen (secondary N) is 1. The number of benzene rings is 3. The lowest BCUT2D eigenvalue weighted by molar-refractivity contribution is -0.146. The topological polar surface area (TPSA) is 55.4 Å². The first-order chi connectivity index (χ1) is 13.4. The first-order valence-electron chi connectivity index (χ1n) is 9.46. The lowest BCUT2D eigenvalue weighted by Gasteiger charge is -2.16. The third kappa shape index (κ3) is 4.77. The van der Waals surface area contributed by atoms with Gasteiger partial charge < -0.3 is 10.1 Å². The molecule has 144 valence electrons. The summed E-state index contributed by atoms with van der Waals surface area (Å²) < 4.78 is 5.18. The molecule has 28 heavy (non-hydrogen) atoms. The highest BCUT2D eigenvalue weighted by Crippen LogP contribution is 2.27. The standard InChI is InChI=1S/C24H25NO3/c1-16(2)21-10-6-7-17(3)24(21)25-22(26)15-28-23(27)14-18-11-12-19-8-4-5-9-20(19)13-18/h4-13,16H,14-15H2,1-3H3,(H,25,26). The summed E-state index contributed by atoms with van der Waals surface area (Å²) in [6.45, 7) is 5.81. The van der Waals surface area contributed by atoms with E-state index in [2.05, 4.69) is 19.2 Å². The Balaban J connectivity index is 1.58. The van der Waals surface area contributed by atoms with Gasteiger partial charge in [0.05, 0.1) is 6.42 Å². The van der Waals surface area contributed by atoms with E-state index >= 15 is 0 Å². The van der Waals surface area contributed by atoms with Crippen LogP contribution in [0.25, 0.3) is 10.8 Å². The Morgan fingerprint density at radius 3 is 2.46 bits per heavy atom. The molecule has 0 aliphatic carbocycles. The van der Waals surface area contributed by atoms with Gasteiger partial charge in [0.1, 0.15) is 0 Å².